The number of hydrogen-bond acceptors (Lipinski definition) is 2. The topological polar surface area (TPSA) is 29.9 Å². The molecule has 1 aromatic carbocycles. The van der Waals surface area contributed by atoms with Crippen LogP contribution in [0, 0.1) is 6.92 Å². The van der Waals surface area contributed by atoms with Gasteiger partial charge in [0.2, 0.25) is 0 Å². The first-order valence-corrected chi connectivity index (χ1v) is 6.41. The Morgan fingerprint density at radius 2 is 2.24 bits per heavy atom. The van der Waals surface area contributed by atoms with Gasteiger partial charge in [-0.15, -0.1) is 0 Å². The van der Waals surface area contributed by atoms with Crippen LogP contribution in [0.15, 0.2) is 28.9 Å². The number of anilines is 1. The van der Waals surface area contributed by atoms with Crippen LogP contribution in [0.3, 0.4) is 0 Å². The van der Waals surface area contributed by atoms with Crippen molar-refractivity contribution in [1.82, 2.24) is 9.78 Å². The molecule has 1 aromatic heterocycles. The van der Waals surface area contributed by atoms with Crippen LogP contribution in [0.2, 0.25) is 5.02 Å². The number of aromatic nitrogens is 2. The molecule has 17 heavy (non-hydrogen) atoms. The molecule has 0 amide bonds. The van der Waals surface area contributed by atoms with E-state index in [9.17, 15) is 0 Å². The molecular weight excluding hydrogens is 302 g/mol. The molecule has 3 nitrogen and oxygen atoms in total. The average molecular weight is 315 g/mol. The molecule has 0 aliphatic heterocycles. The van der Waals surface area contributed by atoms with E-state index in [1.807, 2.05) is 38.4 Å². The Bertz CT molecular complexity index is 537. The van der Waals surface area contributed by atoms with Crippen molar-refractivity contribution < 1.29 is 0 Å². The van der Waals surface area contributed by atoms with Gasteiger partial charge in [-0.25, -0.2) is 0 Å². The molecule has 0 atom stereocenters. The van der Waals surface area contributed by atoms with Crippen molar-refractivity contribution >= 4 is 33.2 Å². The summed E-state index contributed by atoms with van der Waals surface area (Å²) < 4.78 is 2.81. The number of nitrogens with one attached hydrogen (secondary N) is 1. The van der Waals surface area contributed by atoms with Gasteiger partial charge in [-0.1, -0.05) is 33.6 Å². The van der Waals surface area contributed by atoms with Crippen LogP contribution in [-0.4, -0.2) is 9.78 Å². The molecule has 0 bridgehead atoms. The van der Waals surface area contributed by atoms with Gasteiger partial charge >= 0.3 is 0 Å². The number of hydrogen-bond donors (Lipinski definition) is 1. The molecule has 0 fully saturated rings. The molecule has 0 aliphatic carbocycles. The summed E-state index contributed by atoms with van der Waals surface area (Å²) in [6, 6.07) is 5.79. The Labute approximate surface area is 114 Å². The molecule has 2 aromatic rings. The van der Waals surface area contributed by atoms with Crippen LogP contribution in [0.4, 0.5) is 5.69 Å². The number of nitrogens with zero attached hydrogens (tertiary/aromatic N) is 2. The van der Waals surface area contributed by atoms with E-state index in [2.05, 4.69) is 26.3 Å². The van der Waals surface area contributed by atoms with Gasteiger partial charge < -0.3 is 5.32 Å². The van der Waals surface area contributed by atoms with E-state index in [0.717, 1.165) is 33.0 Å². The highest BCUT2D eigenvalue weighted by Crippen LogP contribution is 2.23. The molecule has 5 heteroatoms. The quantitative estimate of drug-likeness (QED) is 0.935. The fourth-order valence-corrected chi connectivity index (χ4v) is 2.45. The first-order chi connectivity index (χ1) is 8.06. The molecule has 0 spiro atoms. The number of halogens is 2. The molecule has 0 saturated carbocycles. The summed E-state index contributed by atoms with van der Waals surface area (Å²) in [5.41, 5.74) is 3.21. The predicted molar refractivity (Wildman–Crippen MR) is 74.4 cm³/mol. The third-order valence-electron chi connectivity index (χ3n) is 2.50. The lowest BCUT2D eigenvalue weighted by atomic mass is 10.2. The first-order valence-electron chi connectivity index (χ1n) is 5.24. The SMILES string of the molecule is Cc1nn(C)cc1NCc1ccc(Cl)cc1Br. The van der Waals surface area contributed by atoms with Gasteiger partial charge in [0.1, 0.15) is 0 Å². The Balaban J connectivity index is 2.10. The highest BCUT2D eigenvalue weighted by atomic mass is 79.9. The Morgan fingerprint density at radius 1 is 1.47 bits per heavy atom. The van der Waals surface area contributed by atoms with Crippen LogP contribution < -0.4 is 5.32 Å². The largest absolute Gasteiger partial charge is 0.378 e. The van der Waals surface area contributed by atoms with Crippen LogP contribution in [-0.2, 0) is 13.6 Å². The number of aryl methyl sites for hydroxylation is 2. The standard InChI is InChI=1S/C12H13BrClN3/c1-8-12(7-17(2)16-8)15-6-9-3-4-10(14)5-11(9)13/h3-5,7,15H,6H2,1-2H3. The normalized spacial score (nSPS) is 10.6. The van der Waals surface area contributed by atoms with Crippen molar-refractivity contribution in [2.75, 3.05) is 5.32 Å². The van der Waals surface area contributed by atoms with Crippen molar-refractivity contribution in [3.05, 3.63) is 45.1 Å². The van der Waals surface area contributed by atoms with Crippen molar-refractivity contribution in [1.29, 1.82) is 0 Å². The molecule has 90 valence electrons. The predicted octanol–water partition coefficient (Wildman–Crippen LogP) is 3.76. The highest BCUT2D eigenvalue weighted by Gasteiger charge is 2.04. The fraction of sp³-hybridized carbons (Fsp3) is 0.250. The van der Waals surface area contributed by atoms with Gasteiger partial charge in [-0.2, -0.15) is 5.10 Å². The van der Waals surface area contributed by atoms with Gasteiger partial charge in [0.25, 0.3) is 0 Å². The lowest BCUT2D eigenvalue weighted by Crippen LogP contribution is -2.00. The third-order valence-corrected chi connectivity index (χ3v) is 3.47. The van der Waals surface area contributed by atoms with E-state index < -0.39 is 0 Å². The van der Waals surface area contributed by atoms with E-state index in [1.165, 1.54) is 0 Å². The summed E-state index contributed by atoms with van der Waals surface area (Å²) in [6.07, 6.45) is 1.97. The van der Waals surface area contributed by atoms with Crippen LogP contribution >= 0.6 is 27.5 Å². The average Bonchev–Trinajstić information content (AvgIpc) is 2.56. The lowest BCUT2D eigenvalue weighted by Gasteiger charge is -2.07. The second kappa shape index (κ2) is 5.10. The second-order valence-electron chi connectivity index (χ2n) is 3.89. The van der Waals surface area contributed by atoms with Gasteiger partial charge in [-0.05, 0) is 24.6 Å². The maximum absolute atomic E-state index is 5.90. The number of rotatable bonds is 3. The second-order valence-corrected chi connectivity index (χ2v) is 5.18. The van der Waals surface area contributed by atoms with E-state index in [-0.39, 0.29) is 0 Å². The summed E-state index contributed by atoms with van der Waals surface area (Å²) in [5.74, 6) is 0. The zero-order chi connectivity index (χ0) is 12.4. The minimum atomic E-state index is 0.734. The summed E-state index contributed by atoms with van der Waals surface area (Å²) in [7, 11) is 1.91. The van der Waals surface area contributed by atoms with E-state index in [4.69, 9.17) is 11.6 Å². The molecule has 0 radical (unpaired) electrons. The minimum absolute atomic E-state index is 0.734. The maximum atomic E-state index is 5.90. The molecule has 1 heterocycles. The third kappa shape index (κ3) is 3.01. The lowest BCUT2D eigenvalue weighted by molar-refractivity contribution is 0.756. The van der Waals surface area contributed by atoms with Gasteiger partial charge in [0, 0.05) is 29.3 Å². The zero-order valence-corrected chi connectivity index (χ0v) is 12.0. The zero-order valence-electron chi connectivity index (χ0n) is 9.67. The van der Waals surface area contributed by atoms with Crippen molar-refractivity contribution in [3.8, 4) is 0 Å². The molecule has 0 aliphatic rings. The molecule has 2 rings (SSSR count). The molecule has 1 N–H and O–H groups in total. The van der Waals surface area contributed by atoms with Crippen LogP contribution in [0.25, 0.3) is 0 Å². The molecule has 0 saturated heterocycles. The summed E-state index contributed by atoms with van der Waals surface area (Å²) >= 11 is 9.40. The van der Waals surface area contributed by atoms with Crippen LogP contribution in [0.5, 0.6) is 0 Å². The summed E-state index contributed by atoms with van der Waals surface area (Å²) in [4.78, 5) is 0. The Kier molecular flexibility index (Phi) is 3.74. The maximum Gasteiger partial charge on any atom is 0.0825 e. The molecular formula is C12H13BrClN3. The van der Waals surface area contributed by atoms with E-state index >= 15 is 0 Å². The van der Waals surface area contributed by atoms with Gasteiger partial charge in [0.05, 0.1) is 11.4 Å². The summed E-state index contributed by atoms with van der Waals surface area (Å²) in [5, 5.41) is 8.37. The van der Waals surface area contributed by atoms with Crippen molar-refractivity contribution in [2.45, 2.75) is 13.5 Å². The smallest absolute Gasteiger partial charge is 0.0825 e. The summed E-state index contributed by atoms with van der Waals surface area (Å²) in [6.45, 7) is 2.73. The monoisotopic (exact) mass is 313 g/mol. The number of benzene rings is 1. The minimum Gasteiger partial charge on any atom is -0.378 e. The Hall–Kier alpha value is -1.000. The molecule has 0 unspecified atom stereocenters. The van der Waals surface area contributed by atoms with Gasteiger partial charge in [0.15, 0.2) is 0 Å². The van der Waals surface area contributed by atoms with Crippen molar-refractivity contribution in [3.63, 3.8) is 0 Å². The highest BCUT2D eigenvalue weighted by molar-refractivity contribution is 9.10. The van der Waals surface area contributed by atoms with Gasteiger partial charge in [-0.3, -0.25) is 4.68 Å². The van der Waals surface area contributed by atoms with E-state index in [0.29, 0.717) is 0 Å². The van der Waals surface area contributed by atoms with Crippen LogP contribution in [0.1, 0.15) is 11.3 Å². The van der Waals surface area contributed by atoms with Crippen molar-refractivity contribution in [2.24, 2.45) is 7.05 Å². The van der Waals surface area contributed by atoms with E-state index in [1.54, 1.807) is 4.68 Å². The fourth-order valence-electron chi connectivity index (χ4n) is 1.63. The first kappa shape index (κ1) is 12.5. The Morgan fingerprint density at radius 3 is 2.82 bits per heavy atom.